The Morgan fingerprint density at radius 2 is 2.00 bits per heavy atom. The number of carbonyl (C=O) groups excluding carboxylic acids is 1. The molecule has 0 radical (unpaired) electrons. The zero-order valence-electron chi connectivity index (χ0n) is 11.8. The molecule has 0 fully saturated rings. The van der Waals surface area contributed by atoms with Crippen LogP contribution in [-0.4, -0.2) is 43.5 Å². The van der Waals surface area contributed by atoms with E-state index in [9.17, 15) is 4.79 Å². The van der Waals surface area contributed by atoms with Crippen molar-refractivity contribution >= 4 is 5.78 Å². The van der Waals surface area contributed by atoms with Crippen LogP contribution in [0.5, 0.6) is 0 Å². The highest BCUT2D eigenvalue weighted by molar-refractivity contribution is 5.98. The average molecular weight is 249 g/mol. The molecule has 1 aromatic rings. The van der Waals surface area contributed by atoms with Crippen LogP contribution in [-0.2, 0) is 4.74 Å². The highest BCUT2D eigenvalue weighted by Crippen LogP contribution is 2.08. The van der Waals surface area contributed by atoms with Gasteiger partial charge in [0.2, 0.25) is 0 Å². The van der Waals surface area contributed by atoms with E-state index in [1.807, 2.05) is 57.0 Å². The molecular weight excluding hydrogens is 226 g/mol. The number of carbonyl (C=O) groups is 1. The van der Waals surface area contributed by atoms with Crippen LogP contribution < -0.4 is 0 Å². The van der Waals surface area contributed by atoms with E-state index in [1.54, 1.807) is 0 Å². The summed E-state index contributed by atoms with van der Waals surface area (Å²) in [6, 6.07) is 7.71. The van der Waals surface area contributed by atoms with E-state index in [1.165, 1.54) is 0 Å². The zero-order valence-corrected chi connectivity index (χ0v) is 11.8. The molecule has 0 saturated carbocycles. The normalized spacial score (nSPS) is 11.2. The summed E-state index contributed by atoms with van der Waals surface area (Å²) in [7, 11) is 1.94. The minimum Gasteiger partial charge on any atom is -0.377 e. The van der Waals surface area contributed by atoms with Crippen LogP contribution in [0, 0.1) is 6.92 Å². The third-order valence-electron chi connectivity index (χ3n) is 2.78. The van der Waals surface area contributed by atoms with Crippen molar-refractivity contribution in [3.63, 3.8) is 0 Å². The lowest BCUT2D eigenvalue weighted by molar-refractivity contribution is 0.0619. The largest absolute Gasteiger partial charge is 0.377 e. The Kier molecular flexibility index (Phi) is 6.02. The minimum absolute atomic E-state index is 0.167. The Morgan fingerprint density at radius 1 is 1.33 bits per heavy atom. The molecule has 0 saturated heterocycles. The summed E-state index contributed by atoms with van der Waals surface area (Å²) in [6.07, 6.45) is 0.241. The SMILES string of the molecule is Cc1ccccc1C(=O)CN(C)CCOC(C)C. The van der Waals surface area contributed by atoms with E-state index >= 15 is 0 Å². The summed E-state index contributed by atoms with van der Waals surface area (Å²) < 4.78 is 5.47. The molecule has 0 bridgehead atoms. The van der Waals surface area contributed by atoms with Crippen LogP contribution in [0.4, 0.5) is 0 Å². The molecule has 0 amide bonds. The lowest BCUT2D eigenvalue weighted by Gasteiger charge is -2.17. The van der Waals surface area contributed by atoms with Crippen molar-refractivity contribution in [1.29, 1.82) is 0 Å². The van der Waals surface area contributed by atoms with Crippen molar-refractivity contribution in [2.24, 2.45) is 0 Å². The van der Waals surface area contributed by atoms with Crippen LogP contribution in [0.3, 0.4) is 0 Å². The first-order valence-electron chi connectivity index (χ1n) is 6.39. The molecular formula is C15H23NO2. The molecule has 1 rings (SSSR count). The number of rotatable bonds is 7. The molecule has 0 aliphatic carbocycles. The van der Waals surface area contributed by atoms with Gasteiger partial charge in [-0.1, -0.05) is 24.3 Å². The molecule has 0 spiro atoms. The van der Waals surface area contributed by atoms with E-state index in [2.05, 4.69) is 0 Å². The molecule has 0 aliphatic heterocycles. The van der Waals surface area contributed by atoms with Crippen LogP contribution in [0.25, 0.3) is 0 Å². The predicted octanol–water partition coefficient (Wildman–Crippen LogP) is 2.53. The van der Waals surface area contributed by atoms with Gasteiger partial charge in [0.1, 0.15) is 0 Å². The third-order valence-corrected chi connectivity index (χ3v) is 2.78. The Hall–Kier alpha value is -1.19. The van der Waals surface area contributed by atoms with Gasteiger partial charge in [-0.25, -0.2) is 0 Å². The van der Waals surface area contributed by atoms with Gasteiger partial charge < -0.3 is 4.74 Å². The third kappa shape index (κ3) is 4.98. The Bertz CT molecular complexity index is 388. The second kappa shape index (κ2) is 7.29. The maximum atomic E-state index is 12.1. The van der Waals surface area contributed by atoms with Crippen molar-refractivity contribution in [3.05, 3.63) is 35.4 Å². The van der Waals surface area contributed by atoms with E-state index in [4.69, 9.17) is 4.74 Å². The average Bonchev–Trinajstić information content (AvgIpc) is 2.28. The monoisotopic (exact) mass is 249 g/mol. The van der Waals surface area contributed by atoms with Gasteiger partial charge in [-0.05, 0) is 33.4 Å². The Balaban J connectivity index is 2.43. The van der Waals surface area contributed by atoms with Gasteiger partial charge in [-0.2, -0.15) is 0 Å². The number of nitrogens with zero attached hydrogens (tertiary/aromatic N) is 1. The number of ether oxygens (including phenoxy) is 1. The molecule has 3 nitrogen and oxygen atoms in total. The van der Waals surface area contributed by atoms with E-state index < -0.39 is 0 Å². The first-order valence-corrected chi connectivity index (χ1v) is 6.39. The van der Waals surface area contributed by atoms with Crippen LogP contribution in [0.1, 0.15) is 29.8 Å². The summed E-state index contributed by atoms with van der Waals surface area (Å²) in [5.41, 5.74) is 1.85. The number of hydrogen-bond acceptors (Lipinski definition) is 3. The lowest BCUT2D eigenvalue weighted by atomic mass is 10.0. The fraction of sp³-hybridized carbons (Fsp3) is 0.533. The van der Waals surface area contributed by atoms with Crippen molar-refractivity contribution in [3.8, 4) is 0 Å². The summed E-state index contributed by atoms with van der Waals surface area (Å²) in [4.78, 5) is 14.1. The molecule has 1 aromatic carbocycles. The molecule has 18 heavy (non-hydrogen) atoms. The van der Waals surface area contributed by atoms with Gasteiger partial charge in [-0.15, -0.1) is 0 Å². The fourth-order valence-electron chi connectivity index (χ4n) is 1.74. The minimum atomic E-state index is 0.167. The van der Waals surface area contributed by atoms with Gasteiger partial charge in [0, 0.05) is 12.1 Å². The molecule has 0 atom stereocenters. The Labute approximate surface area is 110 Å². The van der Waals surface area contributed by atoms with Crippen LogP contribution >= 0.6 is 0 Å². The molecule has 100 valence electrons. The van der Waals surface area contributed by atoms with Gasteiger partial charge in [-0.3, -0.25) is 9.69 Å². The predicted molar refractivity (Wildman–Crippen MR) is 74.1 cm³/mol. The molecule has 3 heteroatoms. The number of Topliss-reactive ketones (excluding diaryl/α,β-unsaturated/α-hetero) is 1. The smallest absolute Gasteiger partial charge is 0.177 e. The summed E-state index contributed by atoms with van der Waals surface area (Å²) in [5, 5.41) is 0. The lowest BCUT2D eigenvalue weighted by Crippen LogP contribution is -2.30. The zero-order chi connectivity index (χ0) is 13.5. The van der Waals surface area contributed by atoms with Crippen molar-refractivity contribution < 1.29 is 9.53 Å². The molecule has 0 heterocycles. The first-order chi connectivity index (χ1) is 8.50. The summed E-state index contributed by atoms with van der Waals surface area (Å²) in [6.45, 7) is 7.86. The molecule has 0 aromatic heterocycles. The second-order valence-corrected chi connectivity index (χ2v) is 4.90. The van der Waals surface area contributed by atoms with Crippen LogP contribution in [0.15, 0.2) is 24.3 Å². The van der Waals surface area contributed by atoms with Crippen LogP contribution in [0.2, 0.25) is 0 Å². The van der Waals surface area contributed by atoms with Gasteiger partial charge in [0.05, 0.1) is 19.3 Å². The van der Waals surface area contributed by atoms with E-state index in [-0.39, 0.29) is 11.9 Å². The fourth-order valence-corrected chi connectivity index (χ4v) is 1.74. The standard InChI is InChI=1S/C15H23NO2/c1-12(2)18-10-9-16(4)11-15(17)14-8-6-5-7-13(14)3/h5-8,12H,9-11H2,1-4H3. The highest BCUT2D eigenvalue weighted by atomic mass is 16.5. The van der Waals surface area contributed by atoms with Gasteiger partial charge in [0.15, 0.2) is 5.78 Å². The number of likely N-dealkylation sites (N-methyl/N-ethyl adjacent to an activating group) is 1. The van der Waals surface area contributed by atoms with Gasteiger partial charge >= 0.3 is 0 Å². The van der Waals surface area contributed by atoms with Gasteiger partial charge in [0.25, 0.3) is 0 Å². The maximum absolute atomic E-state index is 12.1. The highest BCUT2D eigenvalue weighted by Gasteiger charge is 2.11. The molecule has 0 unspecified atom stereocenters. The van der Waals surface area contributed by atoms with E-state index in [0.29, 0.717) is 13.2 Å². The molecule has 0 aliphatic rings. The number of hydrogen-bond donors (Lipinski definition) is 0. The van der Waals surface area contributed by atoms with Crippen molar-refractivity contribution in [1.82, 2.24) is 4.90 Å². The second-order valence-electron chi connectivity index (χ2n) is 4.90. The maximum Gasteiger partial charge on any atom is 0.177 e. The number of ketones is 1. The number of benzene rings is 1. The topological polar surface area (TPSA) is 29.5 Å². The summed E-state index contributed by atoms with van der Waals surface area (Å²) in [5.74, 6) is 0.167. The quantitative estimate of drug-likeness (QED) is 0.695. The summed E-state index contributed by atoms with van der Waals surface area (Å²) >= 11 is 0. The first kappa shape index (κ1) is 14.9. The van der Waals surface area contributed by atoms with Crippen molar-refractivity contribution in [2.75, 3.05) is 26.7 Å². The Morgan fingerprint density at radius 3 is 2.61 bits per heavy atom. The van der Waals surface area contributed by atoms with E-state index in [0.717, 1.165) is 17.7 Å². The number of aryl methyl sites for hydroxylation is 1. The van der Waals surface area contributed by atoms with Crippen molar-refractivity contribution in [2.45, 2.75) is 26.9 Å². The molecule has 0 N–H and O–H groups in total.